The van der Waals surface area contributed by atoms with Crippen LogP contribution in [0.3, 0.4) is 0 Å². The number of amides is 2. The molecule has 2 fully saturated rings. The molecule has 2 saturated heterocycles. The summed E-state index contributed by atoms with van der Waals surface area (Å²) < 4.78 is 29.6. The van der Waals surface area contributed by atoms with Crippen molar-refractivity contribution in [2.24, 2.45) is 5.92 Å². The Bertz CT molecular complexity index is 1030. The molecule has 0 unspecified atom stereocenters. The van der Waals surface area contributed by atoms with Gasteiger partial charge in [-0.1, -0.05) is 6.92 Å². The van der Waals surface area contributed by atoms with Crippen molar-refractivity contribution < 1.29 is 62.3 Å². The van der Waals surface area contributed by atoms with Crippen molar-refractivity contribution in [1.82, 2.24) is 9.80 Å². The van der Waals surface area contributed by atoms with E-state index < -0.39 is 59.6 Å². The zero-order chi connectivity index (χ0) is 37.0. The zero-order valence-corrected chi connectivity index (χ0v) is 30.4. The van der Waals surface area contributed by atoms with Gasteiger partial charge >= 0.3 is 36.1 Å². The number of hydrogen-bond acceptors (Lipinski definition) is 13. The van der Waals surface area contributed by atoms with E-state index in [1.807, 2.05) is 6.92 Å². The Balaban J connectivity index is 0.000000480. The SMILES string of the molecule is COC(=O)CCC[C@@H]1[C@H](C)C[C@@H](C(=O)OC)N1C(=O)OC(C)(C)C.COC(=O)CCC[C@@H]1[C@H](O)C[C@@H](C(=O)OC)N1C(=O)OC(C)(C)C. The lowest BCUT2D eigenvalue weighted by molar-refractivity contribution is -0.146. The minimum Gasteiger partial charge on any atom is -0.469 e. The molecule has 0 saturated carbocycles. The number of hydrogen-bond donors (Lipinski definition) is 1. The largest absolute Gasteiger partial charge is 0.469 e. The van der Waals surface area contributed by atoms with E-state index in [0.717, 1.165) is 0 Å². The van der Waals surface area contributed by atoms with Gasteiger partial charge in [0.15, 0.2) is 0 Å². The molecule has 0 radical (unpaired) electrons. The van der Waals surface area contributed by atoms with Crippen LogP contribution in [0, 0.1) is 5.92 Å². The highest BCUT2D eigenvalue weighted by Crippen LogP contribution is 2.35. The summed E-state index contributed by atoms with van der Waals surface area (Å²) in [6.45, 7) is 12.5. The van der Waals surface area contributed by atoms with Gasteiger partial charge in [0, 0.05) is 25.3 Å². The number of carbonyl (C=O) groups excluding carboxylic acids is 6. The van der Waals surface area contributed by atoms with Crippen LogP contribution in [0.5, 0.6) is 0 Å². The lowest BCUT2D eigenvalue weighted by Gasteiger charge is -2.32. The van der Waals surface area contributed by atoms with E-state index in [4.69, 9.17) is 18.9 Å². The Morgan fingerprint density at radius 2 is 1.00 bits per heavy atom. The molecule has 2 aliphatic heterocycles. The van der Waals surface area contributed by atoms with E-state index in [2.05, 4.69) is 9.47 Å². The summed E-state index contributed by atoms with van der Waals surface area (Å²) in [5.74, 6) is -1.58. The Morgan fingerprint density at radius 3 is 1.38 bits per heavy atom. The van der Waals surface area contributed by atoms with Crippen LogP contribution >= 0.6 is 0 Å². The maximum absolute atomic E-state index is 12.6. The van der Waals surface area contributed by atoms with Gasteiger partial charge in [-0.05, 0) is 79.6 Å². The second-order valence-corrected chi connectivity index (χ2v) is 13.9. The van der Waals surface area contributed by atoms with E-state index in [1.165, 1.54) is 38.2 Å². The molecule has 48 heavy (non-hydrogen) atoms. The molecule has 2 rings (SSSR count). The quantitative estimate of drug-likeness (QED) is 0.259. The number of nitrogens with zero attached hydrogens (tertiary/aromatic N) is 2. The number of carbonyl (C=O) groups is 6. The average molecular weight is 689 g/mol. The second-order valence-electron chi connectivity index (χ2n) is 13.9. The third-order valence-corrected chi connectivity index (χ3v) is 7.92. The predicted octanol–water partition coefficient (Wildman–Crippen LogP) is 3.76. The summed E-state index contributed by atoms with van der Waals surface area (Å²) in [6.07, 6.45) is 0.906. The number of esters is 4. The van der Waals surface area contributed by atoms with Crippen LogP contribution in [-0.4, -0.2) is 121 Å². The molecule has 2 amide bonds. The van der Waals surface area contributed by atoms with E-state index in [1.54, 1.807) is 41.5 Å². The van der Waals surface area contributed by atoms with Crippen LogP contribution in [0.15, 0.2) is 0 Å². The summed E-state index contributed by atoms with van der Waals surface area (Å²) >= 11 is 0. The van der Waals surface area contributed by atoms with Crippen molar-refractivity contribution in [3.8, 4) is 0 Å². The number of aliphatic hydroxyl groups is 1. The van der Waals surface area contributed by atoms with Crippen LogP contribution in [0.25, 0.3) is 0 Å². The molecule has 0 aromatic heterocycles. The third-order valence-electron chi connectivity index (χ3n) is 7.92. The van der Waals surface area contributed by atoms with Gasteiger partial charge in [-0.25, -0.2) is 19.2 Å². The number of ether oxygens (including phenoxy) is 6. The molecular formula is C33H56N2O13. The molecule has 2 aliphatic rings. The molecule has 0 bridgehead atoms. The van der Waals surface area contributed by atoms with E-state index >= 15 is 0 Å². The standard InChI is InChI=1S/C17H29NO6.C16H27NO7/c1-11-10-13(15(20)23-6)18(16(21)24-17(2,3)4)12(11)8-7-9-14(19)22-5;1-16(2,3)24-15(21)17-10(7-6-8-13(19)22-4)12(18)9-11(17)14(20)23-5/h11-13H,7-10H2,1-6H3;10-12,18H,6-9H2,1-5H3/t11-,12-,13+;10-,11+,12-/m11/s1. The lowest BCUT2D eigenvalue weighted by atomic mass is 9.97. The Labute approximate surface area is 283 Å². The highest BCUT2D eigenvalue weighted by Gasteiger charge is 2.49. The average Bonchev–Trinajstić information content (AvgIpc) is 3.50. The minimum atomic E-state index is -0.900. The molecule has 6 atom stereocenters. The van der Waals surface area contributed by atoms with Crippen molar-refractivity contribution in [3.05, 3.63) is 0 Å². The zero-order valence-electron chi connectivity index (χ0n) is 30.4. The first-order valence-electron chi connectivity index (χ1n) is 16.2. The Morgan fingerprint density at radius 1 is 0.625 bits per heavy atom. The smallest absolute Gasteiger partial charge is 0.411 e. The summed E-state index contributed by atoms with van der Waals surface area (Å²) in [5.41, 5.74) is -1.39. The summed E-state index contributed by atoms with van der Waals surface area (Å²) in [5, 5.41) is 10.3. The highest BCUT2D eigenvalue weighted by molar-refractivity contribution is 5.83. The Hall–Kier alpha value is -3.62. The lowest BCUT2D eigenvalue weighted by Crippen LogP contribution is -2.48. The van der Waals surface area contributed by atoms with Crippen molar-refractivity contribution >= 4 is 36.1 Å². The Kier molecular flexibility index (Phi) is 16.6. The molecule has 15 heteroatoms. The number of likely N-dealkylation sites (tertiary alicyclic amines) is 2. The van der Waals surface area contributed by atoms with Gasteiger partial charge in [0.25, 0.3) is 0 Å². The van der Waals surface area contributed by atoms with E-state index in [9.17, 15) is 33.9 Å². The van der Waals surface area contributed by atoms with Gasteiger partial charge < -0.3 is 33.5 Å². The van der Waals surface area contributed by atoms with Crippen LogP contribution in [0.4, 0.5) is 9.59 Å². The van der Waals surface area contributed by atoms with E-state index in [0.29, 0.717) is 32.1 Å². The van der Waals surface area contributed by atoms with Gasteiger partial charge in [-0.2, -0.15) is 0 Å². The molecule has 0 spiro atoms. The maximum atomic E-state index is 12.6. The molecule has 0 aliphatic carbocycles. The number of rotatable bonds is 10. The molecule has 1 N–H and O–H groups in total. The van der Waals surface area contributed by atoms with Crippen LogP contribution < -0.4 is 0 Å². The fourth-order valence-electron chi connectivity index (χ4n) is 5.76. The second kappa shape index (κ2) is 18.8. The summed E-state index contributed by atoms with van der Waals surface area (Å²) in [7, 11) is 5.19. The third kappa shape index (κ3) is 13.1. The van der Waals surface area contributed by atoms with Gasteiger partial charge in [-0.3, -0.25) is 19.4 Å². The van der Waals surface area contributed by atoms with Crippen molar-refractivity contribution in [2.45, 2.75) is 141 Å². The number of aliphatic hydroxyl groups excluding tert-OH is 1. The first-order valence-corrected chi connectivity index (χ1v) is 16.2. The molecule has 0 aromatic carbocycles. The predicted molar refractivity (Wildman–Crippen MR) is 171 cm³/mol. The van der Waals surface area contributed by atoms with E-state index in [-0.39, 0.29) is 43.2 Å². The summed E-state index contributed by atoms with van der Waals surface area (Å²) in [6, 6.07) is -2.34. The highest BCUT2D eigenvalue weighted by atomic mass is 16.6. The van der Waals surface area contributed by atoms with Gasteiger partial charge in [-0.15, -0.1) is 0 Å². The van der Waals surface area contributed by atoms with Crippen molar-refractivity contribution in [1.29, 1.82) is 0 Å². The number of methoxy groups -OCH3 is 4. The molecule has 0 aromatic rings. The van der Waals surface area contributed by atoms with Gasteiger partial charge in [0.2, 0.25) is 0 Å². The minimum absolute atomic E-state index is 0.0782. The molecular weight excluding hydrogens is 632 g/mol. The summed E-state index contributed by atoms with van der Waals surface area (Å²) in [4.78, 5) is 74.4. The van der Waals surface area contributed by atoms with Crippen molar-refractivity contribution in [3.63, 3.8) is 0 Å². The first kappa shape index (κ1) is 42.4. The van der Waals surface area contributed by atoms with Gasteiger partial charge in [0.1, 0.15) is 23.3 Å². The normalized spacial score (nSPS) is 23.8. The monoisotopic (exact) mass is 688 g/mol. The maximum Gasteiger partial charge on any atom is 0.411 e. The molecule has 2 heterocycles. The molecule has 276 valence electrons. The fourth-order valence-corrected chi connectivity index (χ4v) is 5.76. The fraction of sp³-hybridized carbons (Fsp3) is 0.818. The van der Waals surface area contributed by atoms with Crippen molar-refractivity contribution in [2.75, 3.05) is 28.4 Å². The van der Waals surface area contributed by atoms with Crippen LogP contribution in [0.1, 0.15) is 99.8 Å². The van der Waals surface area contributed by atoms with Crippen LogP contribution in [-0.2, 0) is 47.6 Å². The van der Waals surface area contributed by atoms with Gasteiger partial charge in [0.05, 0.1) is 40.6 Å². The topological polar surface area (TPSA) is 185 Å². The van der Waals surface area contributed by atoms with Crippen LogP contribution in [0.2, 0.25) is 0 Å². The first-order chi connectivity index (χ1) is 22.2. The molecule has 15 nitrogen and oxygen atoms in total.